The van der Waals surface area contributed by atoms with E-state index in [1.165, 1.54) is 16.4 Å². The van der Waals surface area contributed by atoms with Gasteiger partial charge >= 0.3 is 0 Å². The van der Waals surface area contributed by atoms with E-state index in [9.17, 15) is 18.0 Å². The van der Waals surface area contributed by atoms with Crippen molar-refractivity contribution < 1.29 is 18.0 Å². The van der Waals surface area contributed by atoms with E-state index in [-0.39, 0.29) is 35.7 Å². The van der Waals surface area contributed by atoms with Gasteiger partial charge in [-0.05, 0) is 41.3 Å². The van der Waals surface area contributed by atoms with Crippen LogP contribution < -0.4 is 5.32 Å². The molecule has 0 radical (unpaired) electrons. The fraction of sp³-hybridized carbons (Fsp3) is 0.263. The molecule has 0 bridgehead atoms. The summed E-state index contributed by atoms with van der Waals surface area (Å²) in [7, 11) is -3.66. The molecule has 1 saturated heterocycles. The fourth-order valence-electron chi connectivity index (χ4n) is 3.56. The van der Waals surface area contributed by atoms with Crippen LogP contribution in [0, 0.1) is 0 Å². The third-order valence-electron chi connectivity index (χ3n) is 5.00. The van der Waals surface area contributed by atoms with Crippen LogP contribution in [-0.2, 0) is 32.7 Å². The number of rotatable bonds is 3. The monoisotopic (exact) mass is 404 g/mol. The second-order valence-electron chi connectivity index (χ2n) is 6.76. The first-order valence-corrected chi connectivity index (χ1v) is 10.4. The molecule has 4 rings (SSSR count). The average molecular weight is 405 g/mol. The summed E-state index contributed by atoms with van der Waals surface area (Å²) in [5, 5.41) is 2.73. The molecule has 1 N–H and O–H groups in total. The number of carbonyl (C=O) groups excluding carboxylic acids is 2. The van der Waals surface area contributed by atoms with Crippen LogP contribution in [0.5, 0.6) is 0 Å². The number of halogens is 1. The van der Waals surface area contributed by atoms with Gasteiger partial charge in [-0.3, -0.25) is 14.9 Å². The maximum atomic E-state index is 12.9. The van der Waals surface area contributed by atoms with E-state index in [1.807, 2.05) is 18.2 Å². The molecule has 1 atom stereocenters. The number of carbonyl (C=O) groups is 2. The largest absolute Gasteiger partial charge is 0.296 e. The first kappa shape index (κ1) is 18.2. The van der Waals surface area contributed by atoms with Crippen LogP contribution in [0.15, 0.2) is 47.4 Å². The van der Waals surface area contributed by atoms with Gasteiger partial charge in [-0.25, -0.2) is 8.42 Å². The minimum Gasteiger partial charge on any atom is -0.296 e. The van der Waals surface area contributed by atoms with Crippen LogP contribution in [0.1, 0.15) is 35.4 Å². The van der Waals surface area contributed by atoms with Crippen LogP contribution in [0.2, 0.25) is 5.02 Å². The first-order chi connectivity index (χ1) is 12.8. The number of nitrogens with zero attached hydrogens (tertiary/aromatic N) is 1. The van der Waals surface area contributed by atoms with Gasteiger partial charge in [0.05, 0.1) is 10.8 Å². The molecule has 0 spiro atoms. The summed E-state index contributed by atoms with van der Waals surface area (Å²) in [5.41, 5.74) is 2.60. The second-order valence-corrected chi connectivity index (χ2v) is 9.14. The Hall–Kier alpha value is -2.22. The molecule has 0 saturated carbocycles. The molecule has 2 aromatic carbocycles. The van der Waals surface area contributed by atoms with Crippen LogP contribution in [0.25, 0.3) is 0 Å². The molecule has 2 amide bonds. The van der Waals surface area contributed by atoms with Crippen molar-refractivity contribution >= 4 is 33.4 Å². The Morgan fingerprint density at radius 2 is 1.81 bits per heavy atom. The van der Waals surface area contributed by atoms with Crippen molar-refractivity contribution in [1.29, 1.82) is 0 Å². The van der Waals surface area contributed by atoms with Crippen LogP contribution >= 0.6 is 11.6 Å². The molecule has 1 fully saturated rings. The lowest BCUT2D eigenvalue weighted by atomic mass is 9.89. The van der Waals surface area contributed by atoms with Crippen molar-refractivity contribution in [3.8, 4) is 0 Å². The Kier molecular flexibility index (Phi) is 4.53. The maximum absolute atomic E-state index is 12.9. The van der Waals surface area contributed by atoms with Gasteiger partial charge in [0.1, 0.15) is 0 Å². The SMILES string of the molecule is O=C1CCC(c2ccc3c(c2)CN(S(=O)(=O)c2cccc(Cl)c2)C3)C(=O)N1. The van der Waals surface area contributed by atoms with Crippen molar-refractivity contribution in [3.05, 3.63) is 64.2 Å². The predicted molar refractivity (Wildman–Crippen MR) is 99.5 cm³/mol. The number of amides is 2. The predicted octanol–water partition coefficient (Wildman–Crippen LogP) is 2.56. The number of hydrogen-bond donors (Lipinski definition) is 1. The van der Waals surface area contributed by atoms with Crippen LogP contribution in [0.3, 0.4) is 0 Å². The van der Waals surface area contributed by atoms with Gasteiger partial charge < -0.3 is 0 Å². The lowest BCUT2D eigenvalue weighted by Gasteiger charge is -2.21. The van der Waals surface area contributed by atoms with Crippen molar-refractivity contribution in [3.63, 3.8) is 0 Å². The van der Waals surface area contributed by atoms with Crippen molar-refractivity contribution in [2.75, 3.05) is 0 Å². The first-order valence-electron chi connectivity index (χ1n) is 8.56. The van der Waals surface area contributed by atoms with E-state index in [2.05, 4.69) is 5.32 Å². The highest BCUT2D eigenvalue weighted by atomic mass is 35.5. The normalized spacial score (nSPS) is 20.4. The van der Waals surface area contributed by atoms with Crippen molar-refractivity contribution in [2.45, 2.75) is 36.7 Å². The summed E-state index contributed by atoms with van der Waals surface area (Å²) in [6.45, 7) is 0.519. The van der Waals surface area contributed by atoms with E-state index in [0.717, 1.165) is 16.7 Å². The number of sulfonamides is 1. The van der Waals surface area contributed by atoms with Crippen molar-refractivity contribution in [1.82, 2.24) is 9.62 Å². The fourth-order valence-corrected chi connectivity index (χ4v) is 5.26. The molecular weight excluding hydrogens is 388 g/mol. The summed E-state index contributed by atoms with van der Waals surface area (Å²) >= 11 is 5.93. The lowest BCUT2D eigenvalue weighted by Crippen LogP contribution is -2.39. The molecule has 140 valence electrons. The molecular formula is C19H17ClN2O4S. The highest BCUT2D eigenvalue weighted by Gasteiger charge is 2.33. The summed E-state index contributed by atoms with van der Waals surface area (Å²) in [4.78, 5) is 23.6. The van der Waals surface area contributed by atoms with Gasteiger partial charge in [-0.15, -0.1) is 0 Å². The number of imide groups is 1. The van der Waals surface area contributed by atoms with Crippen LogP contribution in [-0.4, -0.2) is 24.5 Å². The van der Waals surface area contributed by atoms with Gasteiger partial charge in [0.15, 0.2) is 0 Å². The van der Waals surface area contributed by atoms with Crippen LogP contribution in [0.4, 0.5) is 0 Å². The molecule has 2 aliphatic heterocycles. The zero-order chi connectivity index (χ0) is 19.2. The highest BCUT2D eigenvalue weighted by molar-refractivity contribution is 7.89. The Balaban J connectivity index is 1.59. The summed E-state index contributed by atoms with van der Waals surface area (Å²) in [6, 6.07) is 11.8. The number of benzene rings is 2. The number of hydrogen-bond acceptors (Lipinski definition) is 4. The lowest BCUT2D eigenvalue weighted by molar-refractivity contribution is -0.134. The van der Waals surface area contributed by atoms with E-state index >= 15 is 0 Å². The molecule has 8 heteroatoms. The average Bonchev–Trinajstić information content (AvgIpc) is 3.06. The molecule has 2 aliphatic rings. The standard InChI is InChI=1S/C19H17ClN2O4S/c20-15-2-1-3-16(9-15)27(25,26)22-10-13-5-4-12(8-14(13)11-22)17-6-7-18(23)21-19(17)24/h1-5,8-9,17H,6-7,10-11H2,(H,21,23,24). The third-order valence-corrected chi connectivity index (χ3v) is 7.02. The zero-order valence-electron chi connectivity index (χ0n) is 14.3. The molecule has 0 aromatic heterocycles. The van der Waals surface area contributed by atoms with E-state index in [4.69, 9.17) is 11.6 Å². The maximum Gasteiger partial charge on any atom is 0.243 e. The third kappa shape index (κ3) is 3.38. The summed E-state index contributed by atoms with van der Waals surface area (Å²) in [5.74, 6) is -0.935. The Labute approximate surface area is 162 Å². The van der Waals surface area contributed by atoms with Crippen molar-refractivity contribution in [2.24, 2.45) is 0 Å². The number of nitrogens with one attached hydrogen (secondary N) is 1. The topological polar surface area (TPSA) is 83.6 Å². The van der Waals surface area contributed by atoms with E-state index in [0.29, 0.717) is 17.9 Å². The Morgan fingerprint density at radius 3 is 2.56 bits per heavy atom. The molecule has 27 heavy (non-hydrogen) atoms. The molecule has 1 unspecified atom stereocenters. The van der Waals surface area contributed by atoms with Gasteiger partial charge in [-0.2, -0.15) is 4.31 Å². The van der Waals surface area contributed by atoms with E-state index in [1.54, 1.807) is 12.1 Å². The molecule has 2 heterocycles. The zero-order valence-corrected chi connectivity index (χ0v) is 15.9. The number of piperidine rings is 1. The summed E-state index contributed by atoms with van der Waals surface area (Å²) < 4.78 is 27.2. The van der Waals surface area contributed by atoms with Gasteiger partial charge in [-0.1, -0.05) is 35.9 Å². The minimum atomic E-state index is -3.66. The molecule has 6 nitrogen and oxygen atoms in total. The van der Waals surface area contributed by atoms with Gasteiger partial charge in [0.2, 0.25) is 21.8 Å². The van der Waals surface area contributed by atoms with E-state index < -0.39 is 10.0 Å². The molecule has 0 aliphatic carbocycles. The van der Waals surface area contributed by atoms with Gasteiger partial charge in [0, 0.05) is 24.5 Å². The highest BCUT2D eigenvalue weighted by Crippen LogP contribution is 2.33. The minimum absolute atomic E-state index is 0.160. The second kappa shape index (κ2) is 6.74. The quantitative estimate of drug-likeness (QED) is 0.797. The Bertz CT molecular complexity index is 1050. The number of fused-ring (bicyclic) bond motifs is 1. The van der Waals surface area contributed by atoms with Gasteiger partial charge in [0.25, 0.3) is 0 Å². The molecule has 2 aromatic rings. The Morgan fingerprint density at radius 1 is 1.04 bits per heavy atom. The summed E-state index contributed by atoms with van der Waals surface area (Å²) in [6.07, 6.45) is 0.775. The smallest absolute Gasteiger partial charge is 0.243 e.